The summed E-state index contributed by atoms with van der Waals surface area (Å²) in [6, 6.07) is 0. The summed E-state index contributed by atoms with van der Waals surface area (Å²) in [6.07, 6.45) is 2.61. The number of carbonyl (C=O) groups is 1. The normalized spacial score (nSPS) is 23.4. The van der Waals surface area contributed by atoms with E-state index in [2.05, 4.69) is 10.1 Å². The van der Waals surface area contributed by atoms with Gasteiger partial charge in [-0.05, 0) is 12.8 Å². The van der Waals surface area contributed by atoms with Crippen LogP contribution in [-0.2, 0) is 14.3 Å². The van der Waals surface area contributed by atoms with Crippen LogP contribution in [0.5, 0.6) is 0 Å². The summed E-state index contributed by atoms with van der Waals surface area (Å²) in [4.78, 5) is 11.0. The fourth-order valence-corrected chi connectivity index (χ4v) is 1.55. The molecule has 4 nitrogen and oxygen atoms in total. The molecular weight excluding hydrogens is 182 g/mol. The minimum absolute atomic E-state index is 0.0820. The predicted molar refractivity (Wildman–Crippen MR) is 53.0 cm³/mol. The van der Waals surface area contributed by atoms with Gasteiger partial charge in [-0.3, -0.25) is 4.79 Å². The van der Waals surface area contributed by atoms with Crippen molar-refractivity contribution in [2.24, 2.45) is 5.92 Å². The standard InChI is InChI=1S/C10H19NO3/c1-8(10(12)13-2)6-11-7-9-4-3-5-14-9/h8-9,11H,3-7H2,1-2H3/t8-,9-/m0/s1. The van der Waals surface area contributed by atoms with Crippen molar-refractivity contribution in [2.45, 2.75) is 25.9 Å². The second kappa shape index (κ2) is 5.98. The van der Waals surface area contributed by atoms with Crippen molar-refractivity contribution in [1.29, 1.82) is 0 Å². The highest BCUT2D eigenvalue weighted by molar-refractivity contribution is 5.71. The summed E-state index contributed by atoms with van der Waals surface area (Å²) < 4.78 is 10.1. The van der Waals surface area contributed by atoms with Gasteiger partial charge in [-0.2, -0.15) is 0 Å². The molecule has 0 spiro atoms. The molecule has 0 saturated carbocycles. The van der Waals surface area contributed by atoms with Crippen LogP contribution in [0.3, 0.4) is 0 Å². The van der Waals surface area contributed by atoms with E-state index in [9.17, 15) is 4.79 Å². The van der Waals surface area contributed by atoms with Crippen LogP contribution >= 0.6 is 0 Å². The predicted octanol–water partition coefficient (Wildman–Crippen LogP) is 0.564. The maximum Gasteiger partial charge on any atom is 0.309 e. The number of hydrogen-bond donors (Lipinski definition) is 1. The zero-order valence-corrected chi connectivity index (χ0v) is 8.91. The molecular formula is C10H19NO3. The van der Waals surface area contributed by atoms with Crippen LogP contribution < -0.4 is 5.32 Å². The quantitative estimate of drug-likeness (QED) is 0.660. The number of hydrogen-bond acceptors (Lipinski definition) is 4. The second-order valence-electron chi connectivity index (χ2n) is 3.72. The largest absolute Gasteiger partial charge is 0.469 e. The molecule has 2 atom stereocenters. The molecule has 0 aliphatic carbocycles. The fourth-order valence-electron chi connectivity index (χ4n) is 1.55. The molecule has 1 saturated heterocycles. The fraction of sp³-hybridized carbons (Fsp3) is 0.900. The Morgan fingerprint density at radius 3 is 3.07 bits per heavy atom. The first-order valence-corrected chi connectivity index (χ1v) is 5.14. The average molecular weight is 201 g/mol. The van der Waals surface area contributed by atoms with Gasteiger partial charge in [-0.25, -0.2) is 0 Å². The highest BCUT2D eigenvalue weighted by Crippen LogP contribution is 2.10. The highest BCUT2D eigenvalue weighted by atomic mass is 16.5. The molecule has 0 aromatic heterocycles. The average Bonchev–Trinajstić information content (AvgIpc) is 2.69. The molecule has 1 aliphatic heterocycles. The first kappa shape index (κ1) is 11.5. The van der Waals surface area contributed by atoms with E-state index in [1.54, 1.807) is 0 Å². The van der Waals surface area contributed by atoms with Gasteiger partial charge in [0.25, 0.3) is 0 Å². The molecule has 1 aliphatic rings. The number of esters is 1. The minimum Gasteiger partial charge on any atom is -0.469 e. The van der Waals surface area contributed by atoms with E-state index in [0.29, 0.717) is 12.6 Å². The van der Waals surface area contributed by atoms with Crippen molar-refractivity contribution in [3.63, 3.8) is 0 Å². The van der Waals surface area contributed by atoms with Gasteiger partial charge in [0.05, 0.1) is 19.1 Å². The Labute approximate surface area is 85.0 Å². The second-order valence-corrected chi connectivity index (χ2v) is 3.72. The van der Waals surface area contributed by atoms with Crippen LogP contribution in [-0.4, -0.2) is 38.9 Å². The van der Waals surface area contributed by atoms with E-state index in [4.69, 9.17) is 4.74 Å². The number of methoxy groups -OCH3 is 1. The Bertz CT molecular complexity index is 178. The van der Waals surface area contributed by atoms with Crippen LogP contribution in [0.4, 0.5) is 0 Å². The first-order chi connectivity index (χ1) is 6.74. The van der Waals surface area contributed by atoms with E-state index in [1.807, 2.05) is 6.92 Å². The lowest BCUT2D eigenvalue weighted by atomic mass is 10.2. The SMILES string of the molecule is COC(=O)[C@@H](C)CNC[C@@H]1CCCO1. The smallest absolute Gasteiger partial charge is 0.309 e. The minimum atomic E-state index is -0.162. The number of ether oxygens (including phenoxy) is 2. The molecule has 14 heavy (non-hydrogen) atoms. The van der Waals surface area contributed by atoms with E-state index in [1.165, 1.54) is 7.11 Å². The number of carbonyl (C=O) groups excluding carboxylic acids is 1. The third kappa shape index (κ3) is 3.64. The van der Waals surface area contributed by atoms with Gasteiger partial charge in [0.15, 0.2) is 0 Å². The van der Waals surface area contributed by atoms with Crippen molar-refractivity contribution in [3.05, 3.63) is 0 Å². The van der Waals surface area contributed by atoms with Crippen molar-refractivity contribution in [3.8, 4) is 0 Å². The van der Waals surface area contributed by atoms with Gasteiger partial charge in [-0.1, -0.05) is 6.92 Å². The molecule has 0 bridgehead atoms. The maximum atomic E-state index is 11.0. The summed E-state index contributed by atoms with van der Waals surface area (Å²) in [7, 11) is 1.42. The van der Waals surface area contributed by atoms with Crippen molar-refractivity contribution < 1.29 is 14.3 Å². The van der Waals surface area contributed by atoms with Gasteiger partial charge in [-0.15, -0.1) is 0 Å². The summed E-state index contributed by atoms with van der Waals surface area (Å²) in [5.74, 6) is -0.244. The highest BCUT2D eigenvalue weighted by Gasteiger charge is 2.17. The van der Waals surface area contributed by atoms with Gasteiger partial charge in [0, 0.05) is 19.7 Å². The summed E-state index contributed by atoms with van der Waals surface area (Å²) >= 11 is 0. The van der Waals surface area contributed by atoms with Gasteiger partial charge in [0.2, 0.25) is 0 Å². The van der Waals surface area contributed by atoms with E-state index in [-0.39, 0.29) is 11.9 Å². The number of rotatable bonds is 5. The molecule has 0 radical (unpaired) electrons. The van der Waals surface area contributed by atoms with Crippen molar-refractivity contribution in [1.82, 2.24) is 5.32 Å². The topological polar surface area (TPSA) is 47.6 Å². The Kier molecular flexibility index (Phi) is 4.90. The maximum absolute atomic E-state index is 11.0. The zero-order chi connectivity index (χ0) is 10.4. The Balaban J connectivity index is 2.05. The lowest BCUT2D eigenvalue weighted by Gasteiger charge is -2.13. The number of nitrogens with one attached hydrogen (secondary N) is 1. The molecule has 1 heterocycles. The van der Waals surface area contributed by atoms with Crippen LogP contribution in [0.2, 0.25) is 0 Å². The van der Waals surface area contributed by atoms with E-state index < -0.39 is 0 Å². The lowest BCUT2D eigenvalue weighted by Crippen LogP contribution is -2.32. The molecule has 4 heteroatoms. The summed E-state index contributed by atoms with van der Waals surface area (Å²) in [5, 5.41) is 3.22. The van der Waals surface area contributed by atoms with E-state index in [0.717, 1.165) is 26.0 Å². The molecule has 82 valence electrons. The van der Waals surface area contributed by atoms with Crippen LogP contribution in [0.1, 0.15) is 19.8 Å². The molecule has 0 aromatic carbocycles. The Morgan fingerprint density at radius 2 is 2.50 bits per heavy atom. The van der Waals surface area contributed by atoms with Crippen LogP contribution in [0.15, 0.2) is 0 Å². The van der Waals surface area contributed by atoms with Gasteiger partial charge >= 0.3 is 5.97 Å². The molecule has 1 rings (SSSR count). The molecule has 0 aromatic rings. The molecule has 0 amide bonds. The molecule has 1 fully saturated rings. The monoisotopic (exact) mass is 201 g/mol. The lowest BCUT2D eigenvalue weighted by molar-refractivity contribution is -0.144. The third-order valence-corrected chi connectivity index (χ3v) is 2.45. The summed E-state index contributed by atoms with van der Waals surface area (Å²) in [5.41, 5.74) is 0. The Morgan fingerprint density at radius 1 is 1.71 bits per heavy atom. The van der Waals surface area contributed by atoms with Gasteiger partial charge < -0.3 is 14.8 Å². The van der Waals surface area contributed by atoms with E-state index >= 15 is 0 Å². The zero-order valence-electron chi connectivity index (χ0n) is 8.91. The Hall–Kier alpha value is -0.610. The van der Waals surface area contributed by atoms with Crippen molar-refractivity contribution >= 4 is 5.97 Å². The van der Waals surface area contributed by atoms with Gasteiger partial charge in [0.1, 0.15) is 0 Å². The van der Waals surface area contributed by atoms with Crippen LogP contribution in [0, 0.1) is 5.92 Å². The first-order valence-electron chi connectivity index (χ1n) is 5.14. The van der Waals surface area contributed by atoms with Crippen LogP contribution in [0.25, 0.3) is 0 Å². The third-order valence-electron chi connectivity index (χ3n) is 2.45. The summed E-state index contributed by atoms with van der Waals surface area (Å²) in [6.45, 7) is 4.22. The molecule has 0 unspecified atom stereocenters. The molecule has 1 N–H and O–H groups in total. The van der Waals surface area contributed by atoms with Crippen molar-refractivity contribution in [2.75, 3.05) is 26.8 Å².